The number of hydrogen-bond acceptors (Lipinski definition) is 3. The van der Waals surface area contributed by atoms with Crippen molar-refractivity contribution in [2.75, 3.05) is 33.2 Å². The summed E-state index contributed by atoms with van der Waals surface area (Å²) in [5.74, 6) is -0.489. The first kappa shape index (κ1) is 20.5. The number of primary amides is 1. The van der Waals surface area contributed by atoms with Gasteiger partial charge in [0.15, 0.2) is 0 Å². The van der Waals surface area contributed by atoms with Crippen molar-refractivity contribution in [3.63, 3.8) is 0 Å². The standard InChI is InChI=1S/C25H23ClN4O2/c1-29-9-11-30(12-10-29)25(32)16-5-6-19-21(14-16)28-23-20(24(27)31)8-7-18(22(19)23)15-3-2-4-17(26)13-15/h2-8,13-14,28H,9-12H2,1H3,(H2,27,31). The maximum absolute atomic E-state index is 13.1. The monoisotopic (exact) mass is 446 g/mol. The Bertz CT molecular complexity index is 1370. The van der Waals surface area contributed by atoms with E-state index in [1.54, 1.807) is 6.07 Å². The molecule has 1 aliphatic heterocycles. The minimum Gasteiger partial charge on any atom is -0.366 e. The molecule has 0 bridgehead atoms. The fourth-order valence-electron chi connectivity index (χ4n) is 4.44. The van der Waals surface area contributed by atoms with Crippen LogP contribution in [0.2, 0.25) is 5.02 Å². The van der Waals surface area contributed by atoms with Crippen molar-refractivity contribution in [1.29, 1.82) is 0 Å². The Morgan fingerprint density at radius 3 is 2.50 bits per heavy atom. The largest absolute Gasteiger partial charge is 0.366 e. The number of nitrogens with one attached hydrogen (secondary N) is 1. The molecule has 0 unspecified atom stereocenters. The van der Waals surface area contributed by atoms with E-state index in [2.05, 4.69) is 16.9 Å². The summed E-state index contributed by atoms with van der Waals surface area (Å²) in [6, 6.07) is 16.9. The molecule has 1 aromatic heterocycles. The highest BCUT2D eigenvalue weighted by Crippen LogP contribution is 2.37. The Morgan fingerprint density at radius 1 is 1.00 bits per heavy atom. The predicted octanol–water partition coefficient (Wildman–Crippen LogP) is 4.13. The van der Waals surface area contributed by atoms with Crippen LogP contribution in [0.3, 0.4) is 0 Å². The molecule has 3 N–H and O–H groups in total. The summed E-state index contributed by atoms with van der Waals surface area (Å²) in [4.78, 5) is 32.6. The Balaban J connectivity index is 1.67. The summed E-state index contributed by atoms with van der Waals surface area (Å²) in [6.07, 6.45) is 0. The van der Waals surface area contributed by atoms with Crippen LogP contribution in [0.1, 0.15) is 20.7 Å². The SMILES string of the molecule is CN1CCN(C(=O)c2ccc3c(c2)[nH]c2c(C(N)=O)ccc(-c4cccc(Cl)c4)c23)CC1. The summed E-state index contributed by atoms with van der Waals surface area (Å²) in [5.41, 5.74) is 10.0. The van der Waals surface area contributed by atoms with Crippen molar-refractivity contribution in [2.45, 2.75) is 0 Å². The van der Waals surface area contributed by atoms with Gasteiger partial charge in [-0.2, -0.15) is 0 Å². The van der Waals surface area contributed by atoms with E-state index in [1.807, 2.05) is 53.4 Å². The Morgan fingerprint density at radius 2 is 1.78 bits per heavy atom. The number of aromatic nitrogens is 1. The lowest BCUT2D eigenvalue weighted by Crippen LogP contribution is -2.47. The van der Waals surface area contributed by atoms with Crippen molar-refractivity contribution in [1.82, 2.24) is 14.8 Å². The number of aromatic amines is 1. The summed E-state index contributed by atoms with van der Waals surface area (Å²) in [6.45, 7) is 3.16. The normalized spacial score (nSPS) is 14.9. The van der Waals surface area contributed by atoms with Crippen LogP contribution in [0.25, 0.3) is 32.9 Å². The van der Waals surface area contributed by atoms with Gasteiger partial charge in [-0.05, 0) is 48.5 Å². The number of nitrogens with zero attached hydrogens (tertiary/aromatic N) is 2. The van der Waals surface area contributed by atoms with Gasteiger partial charge in [0.25, 0.3) is 11.8 Å². The number of benzene rings is 3. The molecule has 0 radical (unpaired) electrons. The molecule has 1 aliphatic rings. The van der Waals surface area contributed by atoms with Crippen LogP contribution in [0, 0.1) is 0 Å². The summed E-state index contributed by atoms with van der Waals surface area (Å²) < 4.78 is 0. The fourth-order valence-corrected chi connectivity index (χ4v) is 4.63. The molecule has 162 valence electrons. The number of piperazine rings is 1. The number of carbonyl (C=O) groups is 2. The van der Waals surface area contributed by atoms with Gasteiger partial charge in [-0.15, -0.1) is 0 Å². The lowest BCUT2D eigenvalue weighted by molar-refractivity contribution is 0.0664. The second-order valence-electron chi connectivity index (χ2n) is 8.27. The molecule has 4 aromatic rings. The van der Waals surface area contributed by atoms with E-state index >= 15 is 0 Å². The molecule has 1 fully saturated rings. The number of amides is 2. The van der Waals surface area contributed by atoms with Gasteiger partial charge in [0.1, 0.15) is 0 Å². The van der Waals surface area contributed by atoms with Crippen molar-refractivity contribution in [3.8, 4) is 11.1 Å². The van der Waals surface area contributed by atoms with Gasteiger partial charge in [-0.25, -0.2) is 0 Å². The van der Waals surface area contributed by atoms with Crippen LogP contribution in [-0.2, 0) is 0 Å². The van der Waals surface area contributed by atoms with Crippen molar-refractivity contribution >= 4 is 45.2 Å². The molecule has 0 aliphatic carbocycles. The number of nitrogens with two attached hydrogens (primary N) is 1. The molecule has 5 rings (SSSR count). The number of rotatable bonds is 3. The molecule has 0 spiro atoms. The molecule has 0 saturated carbocycles. The number of H-pyrrole nitrogens is 1. The van der Waals surface area contributed by atoms with E-state index in [0.717, 1.165) is 40.5 Å². The van der Waals surface area contributed by atoms with Crippen molar-refractivity contribution in [3.05, 3.63) is 70.7 Å². The van der Waals surface area contributed by atoms with Gasteiger partial charge in [0, 0.05) is 53.1 Å². The zero-order chi connectivity index (χ0) is 22.4. The highest BCUT2D eigenvalue weighted by molar-refractivity contribution is 6.31. The van der Waals surface area contributed by atoms with Gasteiger partial charge in [-0.1, -0.05) is 35.9 Å². The van der Waals surface area contributed by atoms with E-state index in [1.165, 1.54) is 0 Å². The molecule has 3 aromatic carbocycles. The summed E-state index contributed by atoms with van der Waals surface area (Å²) >= 11 is 6.23. The first-order valence-corrected chi connectivity index (χ1v) is 10.9. The zero-order valence-electron chi connectivity index (χ0n) is 17.7. The van der Waals surface area contributed by atoms with Gasteiger partial charge in [-0.3, -0.25) is 9.59 Å². The first-order valence-electron chi connectivity index (χ1n) is 10.5. The number of halogens is 1. The van der Waals surface area contributed by atoms with Crippen LogP contribution in [0.15, 0.2) is 54.6 Å². The number of hydrogen-bond donors (Lipinski definition) is 2. The molecule has 0 atom stereocenters. The molecular weight excluding hydrogens is 424 g/mol. The molecule has 32 heavy (non-hydrogen) atoms. The third-order valence-corrected chi connectivity index (χ3v) is 6.43. The van der Waals surface area contributed by atoms with Gasteiger partial charge >= 0.3 is 0 Å². The Hall–Kier alpha value is -3.35. The lowest BCUT2D eigenvalue weighted by atomic mass is 9.96. The number of likely N-dealkylation sites (N-methyl/N-ethyl adjacent to an activating group) is 1. The highest BCUT2D eigenvalue weighted by Gasteiger charge is 2.22. The Kier molecular flexibility index (Phi) is 5.12. The third-order valence-electron chi connectivity index (χ3n) is 6.19. The van der Waals surface area contributed by atoms with E-state index in [-0.39, 0.29) is 5.91 Å². The summed E-state index contributed by atoms with van der Waals surface area (Å²) in [7, 11) is 2.06. The van der Waals surface area contributed by atoms with Gasteiger partial charge in [0.05, 0.1) is 11.1 Å². The van der Waals surface area contributed by atoms with Crippen LogP contribution in [0.4, 0.5) is 0 Å². The molecule has 6 nitrogen and oxygen atoms in total. The molecular formula is C25H23ClN4O2. The van der Waals surface area contributed by atoms with Crippen molar-refractivity contribution < 1.29 is 9.59 Å². The fraction of sp³-hybridized carbons (Fsp3) is 0.200. The van der Waals surface area contributed by atoms with E-state index < -0.39 is 5.91 Å². The molecule has 2 heterocycles. The summed E-state index contributed by atoms with van der Waals surface area (Å²) in [5, 5.41) is 2.44. The van der Waals surface area contributed by atoms with E-state index in [9.17, 15) is 9.59 Å². The topological polar surface area (TPSA) is 82.4 Å². The highest BCUT2D eigenvalue weighted by atomic mass is 35.5. The second-order valence-corrected chi connectivity index (χ2v) is 8.70. The first-order chi connectivity index (χ1) is 15.4. The quantitative estimate of drug-likeness (QED) is 0.496. The van der Waals surface area contributed by atoms with E-state index in [4.69, 9.17) is 17.3 Å². The maximum atomic E-state index is 13.1. The molecule has 2 amide bonds. The average molecular weight is 447 g/mol. The molecule has 7 heteroatoms. The number of fused-ring (bicyclic) bond motifs is 3. The smallest absolute Gasteiger partial charge is 0.254 e. The van der Waals surface area contributed by atoms with Gasteiger partial charge < -0.3 is 20.5 Å². The second kappa shape index (κ2) is 7.97. The van der Waals surface area contributed by atoms with E-state index in [0.29, 0.717) is 34.8 Å². The Labute approximate surface area is 190 Å². The van der Waals surface area contributed by atoms with Crippen molar-refractivity contribution in [2.24, 2.45) is 5.73 Å². The third kappa shape index (κ3) is 3.51. The van der Waals surface area contributed by atoms with Crippen LogP contribution < -0.4 is 5.73 Å². The van der Waals surface area contributed by atoms with Crippen LogP contribution >= 0.6 is 11.6 Å². The van der Waals surface area contributed by atoms with Gasteiger partial charge in [0.2, 0.25) is 0 Å². The van der Waals surface area contributed by atoms with Crippen LogP contribution in [0.5, 0.6) is 0 Å². The predicted molar refractivity (Wildman–Crippen MR) is 128 cm³/mol. The minimum atomic E-state index is -0.507. The number of carbonyl (C=O) groups excluding carboxylic acids is 2. The maximum Gasteiger partial charge on any atom is 0.254 e. The lowest BCUT2D eigenvalue weighted by Gasteiger charge is -2.32. The van der Waals surface area contributed by atoms with Crippen LogP contribution in [-0.4, -0.2) is 59.8 Å². The average Bonchev–Trinajstić information content (AvgIpc) is 3.17. The molecule has 1 saturated heterocycles. The minimum absolute atomic E-state index is 0.0174. The zero-order valence-corrected chi connectivity index (χ0v) is 18.4.